The van der Waals surface area contributed by atoms with Crippen LogP contribution in [0.4, 0.5) is 4.79 Å². The van der Waals surface area contributed by atoms with E-state index in [4.69, 9.17) is 5.11 Å². The fraction of sp³-hybridized carbons (Fsp3) is 0.846. The van der Waals surface area contributed by atoms with Gasteiger partial charge in [-0.3, -0.25) is 4.79 Å². The molecule has 5 nitrogen and oxygen atoms in total. The van der Waals surface area contributed by atoms with Crippen LogP contribution in [0.2, 0.25) is 0 Å². The predicted molar refractivity (Wildman–Crippen MR) is 69.4 cm³/mol. The molecule has 0 heterocycles. The van der Waals surface area contributed by atoms with Crippen molar-refractivity contribution >= 4 is 12.0 Å². The summed E-state index contributed by atoms with van der Waals surface area (Å²) in [5, 5.41) is 11.7. The molecule has 2 atom stereocenters. The van der Waals surface area contributed by atoms with Crippen LogP contribution in [0.1, 0.15) is 47.0 Å². The summed E-state index contributed by atoms with van der Waals surface area (Å²) in [4.78, 5) is 24.4. The van der Waals surface area contributed by atoms with Crippen molar-refractivity contribution in [1.29, 1.82) is 0 Å². The maximum Gasteiger partial charge on any atom is 0.318 e. The van der Waals surface area contributed by atoms with E-state index >= 15 is 0 Å². The lowest BCUT2D eigenvalue weighted by molar-refractivity contribution is -0.137. The normalized spacial score (nSPS) is 22.4. The summed E-state index contributed by atoms with van der Waals surface area (Å²) in [6.45, 7) is 8.10. The summed E-state index contributed by atoms with van der Waals surface area (Å²) in [5.74, 6) is -0.287. The maximum absolute atomic E-state index is 12.1. The van der Waals surface area contributed by atoms with Crippen LogP contribution in [-0.2, 0) is 4.79 Å². The topological polar surface area (TPSA) is 69.6 Å². The Kier molecular flexibility index (Phi) is 4.59. The van der Waals surface area contributed by atoms with Crippen LogP contribution in [0.5, 0.6) is 0 Å². The summed E-state index contributed by atoms with van der Waals surface area (Å²) >= 11 is 0. The number of carbonyl (C=O) groups is 2. The van der Waals surface area contributed by atoms with E-state index in [0.717, 1.165) is 12.8 Å². The van der Waals surface area contributed by atoms with Crippen LogP contribution in [0, 0.1) is 5.92 Å². The van der Waals surface area contributed by atoms with Gasteiger partial charge in [0.2, 0.25) is 0 Å². The molecule has 1 fully saturated rings. The van der Waals surface area contributed by atoms with Gasteiger partial charge >= 0.3 is 12.0 Å². The molecule has 0 aromatic heterocycles. The van der Waals surface area contributed by atoms with E-state index in [1.54, 1.807) is 4.90 Å². The van der Waals surface area contributed by atoms with E-state index in [2.05, 4.69) is 12.2 Å². The van der Waals surface area contributed by atoms with Crippen LogP contribution in [0.25, 0.3) is 0 Å². The minimum atomic E-state index is -0.880. The lowest BCUT2D eigenvalue weighted by atomic mass is 10.1. The fourth-order valence-corrected chi connectivity index (χ4v) is 2.06. The molecule has 2 N–H and O–H groups in total. The van der Waals surface area contributed by atoms with Crippen molar-refractivity contribution < 1.29 is 14.7 Å². The van der Waals surface area contributed by atoms with Crippen LogP contribution in [-0.4, -0.2) is 40.1 Å². The van der Waals surface area contributed by atoms with E-state index in [-0.39, 0.29) is 30.6 Å². The van der Waals surface area contributed by atoms with Crippen molar-refractivity contribution in [2.45, 2.75) is 58.5 Å². The zero-order valence-electron chi connectivity index (χ0n) is 11.7. The van der Waals surface area contributed by atoms with E-state index in [1.807, 2.05) is 20.8 Å². The summed E-state index contributed by atoms with van der Waals surface area (Å²) in [6, 6.07) is 0.127. The van der Waals surface area contributed by atoms with E-state index in [0.29, 0.717) is 5.92 Å². The standard InChI is InChI=1S/C13H24N2O3/c1-5-9-8-10(9)14-12(18)15(13(2,3)4)7-6-11(16)17/h9-10H,5-8H2,1-4H3,(H,14,18)(H,16,17). The number of hydrogen-bond donors (Lipinski definition) is 2. The molecule has 0 radical (unpaired) electrons. The minimum Gasteiger partial charge on any atom is -0.481 e. The van der Waals surface area contributed by atoms with Crippen molar-refractivity contribution in [3.8, 4) is 0 Å². The molecule has 2 unspecified atom stereocenters. The summed E-state index contributed by atoms with van der Waals surface area (Å²) < 4.78 is 0. The number of aliphatic carboxylic acids is 1. The van der Waals surface area contributed by atoms with Gasteiger partial charge in [0.1, 0.15) is 0 Å². The third-order valence-electron chi connectivity index (χ3n) is 3.36. The third kappa shape index (κ3) is 4.20. The first-order chi connectivity index (χ1) is 8.25. The molecule has 1 rings (SSSR count). The van der Waals surface area contributed by atoms with Gasteiger partial charge in [0.05, 0.1) is 6.42 Å². The van der Waals surface area contributed by atoms with Gasteiger partial charge in [-0.05, 0) is 33.1 Å². The monoisotopic (exact) mass is 256 g/mol. The Bertz CT molecular complexity index is 323. The molecule has 0 aromatic rings. The van der Waals surface area contributed by atoms with Crippen LogP contribution < -0.4 is 5.32 Å². The first-order valence-electron chi connectivity index (χ1n) is 6.55. The van der Waals surface area contributed by atoms with Crippen molar-refractivity contribution in [2.24, 2.45) is 5.92 Å². The largest absolute Gasteiger partial charge is 0.481 e. The number of amides is 2. The average Bonchev–Trinajstić information content (AvgIpc) is 2.93. The molecule has 5 heteroatoms. The Labute approximate surface area is 109 Å². The Morgan fingerprint density at radius 1 is 1.39 bits per heavy atom. The smallest absolute Gasteiger partial charge is 0.318 e. The predicted octanol–water partition coefficient (Wildman–Crippen LogP) is 2.07. The quantitative estimate of drug-likeness (QED) is 0.791. The van der Waals surface area contributed by atoms with Crippen molar-refractivity contribution in [3.05, 3.63) is 0 Å². The number of carboxylic acids is 1. The number of hydrogen-bond acceptors (Lipinski definition) is 2. The number of carbonyl (C=O) groups excluding carboxylic acids is 1. The lowest BCUT2D eigenvalue weighted by Gasteiger charge is -2.35. The van der Waals surface area contributed by atoms with Gasteiger partial charge in [-0.15, -0.1) is 0 Å². The van der Waals surface area contributed by atoms with Crippen molar-refractivity contribution in [3.63, 3.8) is 0 Å². The second kappa shape index (κ2) is 5.59. The highest BCUT2D eigenvalue weighted by Gasteiger charge is 2.38. The van der Waals surface area contributed by atoms with Gasteiger partial charge in [0.25, 0.3) is 0 Å². The Morgan fingerprint density at radius 3 is 2.39 bits per heavy atom. The van der Waals surface area contributed by atoms with Gasteiger partial charge < -0.3 is 15.3 Å². The number of nitrogens with zero attached hydrogens (tertiary/aromatic N) is 1. The number of carboxylic acid groups (broad SMARTS) is 1. The van der Waals surface area contributed by atoms with Gasteiger partial charge in [0, 0.05) is 18.1 Å². The Hall–Kier alpha value is -1.26. The zero-order chi connectivity index (χ0) is 13.9. The highest BCUT2D eigenvalue weighted by atomic mass is 16.4. The van der Waals surface area contributed by atoms with Crippen LogP contribution in [0.15, 0.2) is 0 Å². The third-order valence-corrected chi connectivity index (χ3v) is 3.36. The first-order valence-corrected chi connectivity index (χ1v) is 6.55. The maximum atomic E-state index is 12.1. The highest BCUT2D eigenvalue weighted by molar-refractivity contribution is 5.76. The molecular formula is C13H24N2O3. The molecule has 1 aliphatic carbocycles. The number of urea groups is 1. The SMILES string of the molecule is CCC1CC1NC(=O)N(CCC(=O)O)C(C)(C)C. The first kappa shape index (κ1) is 14.8. The molecular weight excluding hydrogens is 232 g/mol. The molecule has 1 saturated carbocycles. The van der Waals surface area contributed by atoms with E-state index < -0.39 is 5.97 Å². The van der Waals surface area contributed by atoms with Gasteiger partial charge in [0.15, 0.2) is 0 Å². The van der Waals surface area contributed by atoms with Gasteiger partial charge in [-0.25, -0.2) is 4.79 Å². The molecule has 1 aliphatic rings. The highest BCUT2D eigenvalue weighted by Crippen LogP contribution is 2.33. The van der Waals surface area contributed by atoms with Gasteiger partial charge in [-0.2, -0.15) is 0 Å². The lowest BCUT2D eigenvalue weighted by Crippen LogP contribution is -2.51. The molecule has 0 aliphatic heterocycles. The summed E-state index contributed by atoms with van der Waals surface area (Å²) in [7, 11) is 0. The van der Waals surface area contributed by atoms with E-state index in [1.165, 1.54) is 0 Å². The van der Waals surface area contributed by atoms with Crippen molar-refractivity contribution in [2.75, 3.05) is 6.54 Å². The van der Waals surface area contributed by atoms with Crippen molar-refractivity contribution in [1.82, 2.24) is 10.2 Å². The van der Waals surface area contributed by atoms with E-state index in [9.17, 15) is 9.59 Å². The molecule has 0 spiro atoms. The van der Waals surface area contributed by atoms with Gasteiger partial charge in [-0.1, -0.05) is 13.3 Å². The average molecular weight is 256 g/mol. The number of rotatable bonds is 5. The minimum absolute atomic E-state index is 0.0213. The Morgan fingerprint density at radius 2 is 2.00 bits per heavy atom. The molecule has 18 heavy (non-hydrogen) atoms. The molecule has 2 amide bonds. The molecule has 0 saturated heterocycles. The second-order valence-corrected chi connectivity index (χ2v) is 5.93. The van der Waals surface area contributed by atoms with Crippen LogP contribution in [0.3, 0.4) is 0 Å². The molecule has 0 bridgehead atoms. The molecule has 0 aromatic carbocycles. The number of nitrogens with one attached hydrogen (secondary N) is 1. The molecule has 104 valence electrons. The van der Waals surface area contributed by atoms with Crippen LogP contribution >= 0.6 is 0 Å². The Balaban J connectivity index is 2.54. The summed E-state index contributed by atoms with van der Waals surface area (Å²) in [5.41, 5.74) is -0.365. The second-order valence-electron chi connectivity index (χ2n) is 5.93. The summed E-state index contributed by atoms with van der Waals surface area (Å²) in [6.07, 6.45) is 2.10. The fourth-order valence-electron chi connectivity index (χ4n) is 2.06. The zero-order valence-corrected chi connectivity index (χ0v) is 11.7.